The third kappa shape index (κ3) is 65.9. The van der Waals surface area contributed by atoms with Crippen LogP contribution in [0.4, 0.5) is 0 Å². The second-order valence-corrected chi connectivity index (χ2v) is 1.73. The van der Waals surface area contributed by atoms with Crippen LogP contribution in [0.15, 0.2) is 0 Å². The zero-order valence-electron chi connectivity index (χ0n) is 5.12. The van der Waals surface area contributed by atoms with Gasteiger partial charge in [-0.1, -0.05) is 28.2 Å². The van der Waals surface area contributed by atoms with E-state index in [0.717, 1.165) is 0 Å². The van der Waals surface area contributed by atoms with E-state index in [0.29, 0.717) is 0 Å². The molecule has 0 nitrogen and oxygen atoms in total. The van der Waals surface area contributed by atoms with Crippen molar-refractivity contribution in [2.24, 2.45) is 0 Å². The lowest BCUT2D eigenvalue weighted by molar-refractivity contribution is 1.50. The van der Waals surface area contributed by atoms with Gasteiger partial charge < -0.3 is 0 Å². The Bertz CT molecular complexity index is 6.14. The molecule has 0 aliphatic heterocycles. The Morgan fingerprint density at radius 2 is 1.43 bits per heavy atom. The van der Waals surface area contributed by atoms with Crippen LogP contribution < -0.4 is 0 Å². The third-order valence-corrected chi connectivity index (χ3v) is 0.866. The summed E-state index contributed by atoms with van der Waals surface area (Å²) in [6.07, 6.45) is 2.10. The van der Waals surface area contributed by atoms with Gasteiger partial charge in [-0.25, -0.2) is 0 Å². The molecule has 7 heavy (non-hydrogen) atoms. The van der Waals surface area contributed by atoms with Crippen molar-refractivity contribution in [1.82, 2.24) is 0 Å². The van der Waals surface area contributed by atoms with Gasteiger partial charge in [0.2, 0.25) is 0 Å². The molecular weight excluding hydrogens is 104 g/mol. The van der Waals surface area contributed by atoms with Gasteiger partial charge in [0.1, 0.15) is 0 Å². The fourth-order valence-corrected chi connectivity index (χ4v) is 0. The summed E-state index contributed by atoms with van der Waals surface area (Å²) < 4.78 is 0. The fraction of sp³-hybridized carbons (Fsp3) is 1.00. The fourth-order valence-electron chi connectivity index (χ4n) is 0. The van der Waals surface area contributed by atoms with E-state index in [1.165, 1.54) is 5.75 Å². The molecule has 48 valence electrons. The van der Waals surface area contributed by atoms with Gasteiger partial charge >= 0.3 is 0 Å². The highest BCUT2D eigenvalue weighted by atomic mass is 32.2. The van der Waals surface area contributed by atoms with E-state index >= 15 is 0 Å². The summed E-state index contributed by atoms with van der Waals surface area (Å²) in [6, 6.07) is 0. The van der Waals surface area contributed by atoms with Crippen LogP contribution in [0.1, 0.15) is 28.2 Å². The Kier molecular flexibility index (Phi) is 73.6. The molecule has 0 heterocycles. The van der Waals surface area contributed by atoms with Crippen molar-refractivity contribution in [3.8, 4) is 0 Å². The van der Waals surface area contributed by atoms with Crippen LogP contribution >= 0.6 is 11.8 Å². The van der Waals surface area contributed by atoms with Crippen LogP contribution in [0.3, 0.4) is 0 Å². The number of rotatable bonds is 1. The van der Waals surface area contributed by atoms with Crippen molar-refractivity contribution in [3.63, 3.8) is 0 Å². The summed E-state index contributed by atoms with van der Waals surface area (Å²) in [5.41, 5.74) is 0. The van der Waals surface area contributed by atoms with Crippen molar-refractivity contribution in [3.05, 3.63) is 0 Å². The number of thioether (sulfide) groups is 1. The molecule has 0 saturated heterocycles. The maximum atomic E-state index is 2.14. The van der Waals surface area contributed by atoms with Crippen molar-refractivity contribution >= 4 is 11.8 Å². The molecule has 0 aliphatic carbocycles. The van der Waals surface area contributed by atoms with Gasteiger partial charge in [-0.2, -0.15) is 11.8 Å². The quantitative estimate of drug-likeness (QED) is 0.515. The molecule has 0 radical (unpaired) electrons. The van der Waals surface area contributed by atoms with Crippen LogP contribution in [0.25, 0.3) is 0 Å². The summed E-state index contributed by atoms with van der Waals surface area (Å²) >= 11 is 1.86. The van der Waals surface area contributed by atoms with Crippen LogP contribution in [0.2, 0.25) is 0 Å². The normalized spacial score (nSPS) is 5.14. The molecule has 0 saturated carbocycles. The Morgan fingerprint density at radius 3 is 1.43 bits per heavy atom. The van der Waals surface area contributed by atoms with Gasteiger partial charge in [0.25, 0.3) is 0 Å². The summed E-state index contributed by atoms with van der Waals surface area (Å²) in [7, 11) is 0. The predicted molar refractivity (Wildman–Crippen MR) is 42.1 cm³/mol. The second-order valence-electron chi connectivity index (χ2n) is 0.577. The van der Waals surface area contributed by atoms with Crippen LogP contribution in [-0.4, -0.2) is 12.0 Å². The summed E-state index contributed by atoms with van der Waals surface area (Å²) in [5.74, 6) is 1.24. The number of hydrogen-bond acceptors (Lipinski definition) is 1. The third-order valence-electron chi connectivity index (χ3n) is 0.289. The molecule has 0 atom stereocenters. The topological polar surface area (TPSA) is 0 Å². The molecule has 0 fully saturated rings. The molecule has 0 bridgehead atoms. The van der Waals surface area contributed by atoms with Crippen LogP contribution in [0, 0.1) is 0 Å². The highest BCUT2D eigenvalue weighted by Crippen LogP contribution is 1.83. The van der Waals surface area contributed by atoms with Gasteiger partial charge in [-0.3, -0.25) is 0 Å². The van der Waals surface area contributed by atoms with Crippen molar-refractivity contribution < 1.29 is 0 Å². The Labute approximate surface area is 52.7 Å². The molecule has 0 aromatic heterocycles. The average molecular weight is 122 g/mol. The highest BCUT2D eigenvalue weighted by molar-refractivity contribution is 7.98. The monoisotopic (exact) mass is 122 g/mol. The standard InChI is InChI=1S/C3H8S.C2H6.CH4/c1-3-4-2;1-2;/h3H2,1-2H3;1-2H3;1H4. The lowest BCUT2D eigenvalue weighted by Gasteiger charge is -1.69. The first kappa shape index (κ1) is 15.7. The molecule has 0 rings (SSSR count). The van der Waals surface area contributed by atoms with Crippen LogP contribution in [-0.2, 0) is 0 Å². The van der Waals surface area contributed by atoms with E-state index < -0.39 is 0 Å². The average Bonchev–Trinajstić information content (AvgIpc) is 1.72. The maximum absolute atomic E-state index is 2.14. The molecule has 0 spiro atoms. The Balaban J connectivity index is -0.0000000480. The van der Waals surface area contributed by atoms with E-state index in [1.807, 2.05) is 25.6 Å². The van der Waals surface area contributed by atoms with Crippen LogP contribution in [0.5, 0.6) is 0 Å². The summed E-state index contributed by atoms with van der Waals surface area (Å²) in [6.45, 7) is 6.14. The minimum absolute atomic E-state index is 0. The minimum Gasteiger partial charge on any atom is -0.166 e. The zero-order valence-corrected chi connectivity index (χ0v) is 5.93. The molecule has 0 aliphatic rings. The summed E-state index contributed by atoms with van der Waals surface area (Å²) in [5, 5.41) is 0. The van der Waals surface area contributed by atoms with Crippen molar-refractivity contribution in [1.29, 1.82) is 0 Å². The van der Waals surface area contributed by atoms with E-state index in [1.54, 1.807) is 0 Å². The lowest BCUT2D eigenvalue weighted by atomic mass is 11.0. The molecule has 0 aromatic carbocycles. The molecule has 0 amide bonds. The van der Waals surface area contributed by atoms with Gasteiger partial charge in [-0.05, 0) is 12.0 Å². The van der Waals surface area contributed by atoms with E-state index in [9.17, 15) is 0 Å². The summed E-state index contributed by atoms with van der Waals surface area (Å²) in [4.78, 5) is 0. The van der Waals surface area contributed by atoms with Gasteiger partial charge in [0.05, 0.1) is 0 Å². The smallest absolute Gasteiger partial charge is 0.00988 e. The molecule has 1 heteroatoms. The first-order valence-electron chi connectivity index (χ1n) is 2.40. The van der Waals surface area contributed by atoms with Gasteiger partial charge in [-0.15, -0.1) is 0 Å². The van der Waals surface area contributed by atoms with Crippen molar-refractivity contribution in [2.45, 2.75) is 28.2 Å². The van der Waals surface area contributed by atoms with E-state index in [-0.39, 0.29) is 7.43 Å². The van der Waals surface area contributed by atoms with Gasteiger partial charge in [0, 0.05) is 0 Å². The SMILES string of the molecule is C.CC.CCSC. The predicted octanol–water partition coefficient (Wildman–Crippen LogP) is 3.03. The molecular formula is C6H18S. The van der Waals surface area contributed by atoms with Gasteiger partial charge in [0.15, 0.2) is 0 Å². The highest BCUT2D eigenvalue weighted by Gasteiger charge is 1.55. The molecule has 0 N–H and O–H groups in total. The van der Waals surface area contributed by atoms with Crippen molar-refractivity contribution in [2.75, 3.05) is 12.0 Å². The number of hydrogen-bond donors (Lipinski definition) is 0. The first-order chi connectivity index (χ1) is 2.91. The van der Waals surface area contributed by atoms with E-state index in [2.05, 4.69) is 13.2 Å². The largest absolute Gasteiger partial charge is 0.166 e. The lowest BCUT2D eigenvalue weighted by Crippen LogP contribution is -1.52. The molecule has 0 unspecified atom stereocenters. The Morgan fingerprint density at radius 1 is 1.29 bits per heavy atom. The Hall–Kier alpha value is 0.350. The maximum Gasteiger partial charge on any atom is -0.00988 e. The second kappa shape index (κ2) is 32.9. The minimum atomic E-state index is 0. The zero-order chi connectivity index (χ0) is 5.41. The first-order valence-corrected chi connectivity index (χ1v) is 3.80. The van der Waals surface area contributed by atoms with E-state index in [4.69, 9.17) is 0 Å². The molecule has 0 aromatic rings.